The van der Waals surface area contributed by atoms with Gasteiger partial charge in [-0.1, -0.05) is 43.7 Å². The first-order chi connectivity index (χ1) is 17.7. The predicted octanol–water partition coefficient (Wildman–Crippen LogP) is 9.01. The number of rotatable bonds is 8. The Hall–Kier alpha value is -3.00. The van der Waals surface area contributed by atoms with Gasteiger partial charge in [-0.05, 0) is 67.9 Å². The lowest BCUT2D eigenvalue weighted by Gasteiger charge is -2.31. The van der Waals surface area contributed by atoms with Crippen LogP contribution in [0.3, 0.4) is 0 Å². The molecule has 3 aromatic carbocycles. The van der Waals surface area contributed by atoms with Crippen LogP contribution in [0.15, 0.2) is 48.5 Å². The third-order valence-corrected chi connectivity index (χ3v) is 6.94. The van der Waals surface area contributed by atoms with E-state index < -0.39 is 41.0 Å². The van der Waals surface area contributed by atoms with E-state index >= 15 is 0 Å². The van der Waals surface area contributed by atoms with Gasteiger partial charge >= 0.3 is 6.11 Å². The van der Waals surface area contributed by atoms with Gasteiger partial charge in [-0.25, -0.2) is 13.2 Å². The summed E-state index contributed by atoms with van der Waals surface area (Å²) in [6.45, 7) is 3.86. The minimum Gasteiger partial charge on any atom is -0.491 e. The summed E-state index contributed by atoms with van der Waals surface area (Å²) in [6, 6.07) is 10.1. The average molecular weight is 523 g/mol. The lowest BCUT2D eigenvalue weighted by atomic mass is 9.86. The molecule has 2 nitrogen and oxygen atoms in total. The molecule has 8 heteroatoms. The molecule has 0 atom stereocenters. The van der Waals surface area contributed by atoms with Crippen LogP contribution in [0.2, 0.25) is 0 Å². The Bertz CT molecular complexity index is 1230. The average Bonchev–Trinajstić information content (AvgIpc) is 2.89. The molecule has 1 saturated carbocycles. The van der Waals surface area contributed by atoms with Crippen LogP contribution in [0, 0.1) is 29.2 Å². The minimum atomic E-state index is -3.98. The molecule has 0 amide bonds. The van der Waals surface area contributed by atoms with Crippen LogP contribution in [0.25, 0.3) is 22.3 Å². The van der Waals surface area contributed by atoms with Gasteiger partial charge in [0.1, 0.15) is 0 Å². The van der Waals surface area contributed by atoms with E-state index in [0.717, 1.165) is 31.4 Å². The summed E-state index contributed by atoms with van der Waals surface area (Å²) in [6.07, 6.45) is -1.32. The van der Waals surface area contributed by atoms with E-state index in [9.17, 15) is 26.3 Å². The van der Waals surface area contributed by atoms with Crippen molar-refractivity contribution < 1.29 is 35.8 Å². The monoisotopic (exact) mass is 522 g/mol. The highest BCUT2D eigenvalue weighted by Gasteiger charge is 2.41. The van der Waals surface area contributed by atoms with E-state index in [1.807, 2.05) is 6.92 Å². The Morgan fingerprint density at radius 2 is 1.24 bits per heavy atom. The molecule has 1 fully saturated rings. The minimum absolute atomic E-state index is 0.0423. The zero-order chi connectivity index (χ0) is 26.7. The molecular formula is C29H28F6O2. The first-order valence-corrected chi connectivity index (χ1v) is 12.4. The van der Waals surface area contributed by atoms with Crippen LogP contribution >= 0.6 is 0 Å². The molecule has 0 bridgehead atoms. The molecule has 0 N–H and O–H groups in total. The fourth-order valence-electron chi connectivity index (χ4n) is 4.78. The topological polar surface area (TPSA) is 18.5 Å². The van der Waals surface area contributed by atoms with Crippen molar-refractivity contribution in [1.82, 2.24) is 0 Å². The van der Waals surface area contributed by atoms with Gasteiger partial charge in [-0.2, -0.15) is 13.2 Å². The second kappa shape index (κ2) is 11.2. The van der Waals surface area contributed by atoms with Crippen LogP contribution in [0.5, 0.6) is 5.75 Å². The van der Waals surface area contributed by atoms with E-state index in [1.54, 1.807) is 6.92 Å². The number of halogens is 6. The molecule has 1 aliphatic carbocycles. The Morgan fingerprint density at radius 1 is 0.703 bits per heavy atom. The number of hydrogen-bond donors (Lipinski definition) is 0. The van der Waals surface area contributed by atoms with Crippen LogP contribution in [0.1, 0.15) is 51.5 Å². The standard InChI is InChI=1S/C29H28F6O2/c1-3-17-5-11-20(12-6-17)37-29(34,35)23-15-13-21(25(30)27(23)32)18-7-9-19(10-8-18)22-14-16-24(36-4-2)28(33)26(22)31/h7-10,13-17,20H,3-6,11-12H2,1-2H3. The largest absolute Gasteiger partial charge is 0.491 e. The lowest BCUT2D eigenvalue weighted by molar-refractivity contribution is -0.279. The molecule has 0 aliphatic heterocycles. The van der Waals surface area contributed by atoms with Crippen molar-refractivity contribution in [2.75, 3.05) is 6.61 Å². The van der Waals surface area contributed by atoms with Gasteiger partial charge in [0.15, 0.2) is 23.2 Å². The zero-order valence-corrected chi connectivity index (χ0v) is 20.6. The molecule has 0 spiro atoms. The maximum Gasteiger partial charge on any atom is 0.386 e. The molecular weight excluding hydrogens is 494 g/mol. The molecule has 3 aromatic rings. The van der Waals surface area contributed by atoms with Crippen LogP contribution in [0.4, 0.5) is 26.3 Å². The Morgan fingerprint density at radius 3 is 1.78 bits per heavy atom. The van der Waals surface area contributed by atoms with Crippen molar-refractivity contribution in [2.24, 2.45) is 5.92 Å². The number of alkyl halides is 2. The van der Waals surface area contributed by atoms with Crippen LogP contribution in [-0.4, -0.2) is 12.7 Å². The van der Waals surface area contributed by atoms with Gasteiger partial charge in [0.2, 0.25) is 5.82 Å². The molecule has 1 aliphatic rings. The van der Waals surface area contributed by atoms with Crippen molar-refractivity contribution in [3.8, 4) is 28.0 Å². The van der Waals surface area contributed by atoms with Crippen molar-refractivity contribution in [3.05, 3.63) is 77.4 Å². The first-order valence-electron chi connectivity index (χ1n) is 12.4. The summed E-state index contributed by atoms with van der Waals surface area (Å²) < 4.78 is 98.0. The Balaban J connectivity index is 1.55. The van der Waals surface area contributed by atoms with Crippen LogP contribution < -0.4 is 4.74 Å². The third-order valence-electron chi connectivity index (χ3n) is 6.94. The molecule has 0 heterocycles. The summed E-state index contributed by atoms with van der Waals surface area (Å²) in [5.41, 5.74) is -0.973. The van der Waals surface area contributed by atoms with Gasteiger partial charge in [-0.3, -0.25) is 0 Å². The van der Waals surface area contributed by atoms with Crippen LogP contribution in [-0.2, 0) is 10.8 Å². The molecule has 0 radical (unpaired) electrons. The Labute approximate surface area is 212 Å². The van der Waals surface area contributed by atoms with Crippen molar-refractivity contribution in [1.29, 1.82) is 0 Å². The number of hydrogen-bond acceptors (Lipinski definition) is 2. The molecule has 0 aromatic heterocycles. The normalized spacial score (nSPS) is 18.2. The van der Waals surface area contributed by atoms with Gasteiger partial charge < -0.3 is 9.47 Å². The van der Waals surface area contributed by atoms with Gasteiger partial charge in [0, 0.05) is 11.1 Å². The van der Waals surface area contributed by atoms with E-state index in [-0.39, 0.29) is 29.0 Å². The smallest absolute Gasteiger partial charge is 0.386 e. The zero-order valence-electron chi connectivity index (χ0n) is 20.6. The first kappa shape index (κ1) is 27.0. The second-order valence-corrected chi connectivity index (χ2v) is 9.22. The van der Waals surface area contributed by atoms with Gasteiger partial charge in [0.25, 0.3) is 0 Å². The molecule has 4 rings (SSSR count). The lowest BCUT2D eigenvalue weighted by Crippen LogP contribution is -2.30. The Kier molecular flexibility index (Phi) is 8.17. The molecule has 0 saturated heterocycles. The quantitative estimate of drug-likeness (QED) is 0.275. The summed E-state index contributed by atoms with van der Waals surface area (Å²) in [5.74, 6) is -5.11. The highest BCUT2D eigenvalue weighted by Crippen LogP contribution is 2.40. The van der Waals surface area contributed by atoms with Gasteiger partial charge in [-0.15, -0.1) is 0 Å². The molecule has 37 heavy (non-hydrogen) atoms. The van der Waals surface area contributed by atoms with E-state index in [1.165, 1.54) is 36.4 Å². The maximum absolute atomic E-state index is 14.9. The summed E-state index contributed by atoms with van der Waals surface area (Å²) in [5, 5.41) is 0. The summed E-state index contributed by atoms with van der Waals surface area (Å²) >= 11 is 0. The number of benzene rings is 3. The third kappa shape index (κ3) is 5.64. The van der Waals surface area contributed by atoms with Crippen molar-refractivity contribution in [2.45, 2.75) is 58.2 Å². The van der Waals surface area contributed by atoms with Gasteiger partial charge in [0.05, 0.1) is 18.3 Å². The van der Waals surface area contributed by atoms with E-state index in [2.05, 4.69) is 0 Å². The van der Waals surface area contributed by atoms with E-state index in [0.29, 0.717) is 24.3 Å². The highest BCUT2D eigenvalue weighted by molar-refractivity contribution is 5.71. The summed E-state index contributed by atoms with van der Waals surface area (Å²) in [7, 11) is 0. The molecule has 0 unspecified atom stereocenters. The van der Waals surface area contributed by atoms with Crippen molar-refractivity contribution in [3.63, 3.8) is 0 Å². The highest BCUT2D eigenvalue weighted by atomic mass is 19.3. The summed E-state index contributed by atoms with van der Waals surface area (Å²) in [4.78, 5) is 0. The molecule has 198 valence electrons. The van der Waals surface area contributed by atoms with E-state index in [4.69, 9.17) is 9.47 Å². The fourth-order valence-corrected chi connectivity index (χ4v) is 4.78. The fraction of sp³-hybridized carbons (Fsp3) is 0.379. The maximum atomic E-state index is 14.9. The number of ether oxygens (including phenoxy) is 2. The van der Waals surface area contributed by atoms with Crippen molar-refractivity contribution >= 4 is 0 Å². The SMILES string of the molecule is CCOc1ccc(-c2ccc(-c3ccc(C(F)(F)OC4CCC(CC)CC4)c(F)c3F)cc2)c(F)c1F. The second-order valence-electron chi connectivity index (χ2n) is 9.22. The predicted molar refractivity (Wildman–Crippen MR) is 129 cm³/mol.